The van der Waals surface area contributed by atoms with Gasteiger partial charge < -0.3 is 21.9 Å². The Labute approximate surface area is 75.3 Å². The van der Waals surface area contributed by atoms with Crippen LogP contribution >= 0.6 is 0 Å². The fraction of sp³-hybridized carbons (Fsp3) is 1.00. The first-order valence-electron chi connectivity index (χ1n) is 4.55. The summed E-state index contributed by atoms with van der Waals surface area (Å²) >= 11 is 0. The van der Waals surface area contributed by atoms with Gasteiger partial charge in [0.15, 0.2) is 0 Å². The maximum absolute atomic E-state index is 8.19. The maximum Gasteiger partial charge on any atom is 0.0555 e. The minimum absolute atomic E-state index is 0.194. The Morgan fingerprint density at radius 2 is 1.83 bits per heavy atom. The third-order valence-electron chi connectivity index (χ3n) is 1.17. The molecule has 0 atom stereocenters. The van der Waals surface area contributed by atoms with Gasteiger partial charge in [-0.1, -0.05) is 13.3 Å². The predicted molar refractivity (Wildman–Crippen MR) is 53.0 cm³/mol. The number of nitrogens with one attached hydrogen (secondary N) is 1. The third kappa shape index (κ3) is 22.5. The summed E-state index contributed by atoms with van der Waals surface area (Å²) in [7, 11) is 0. The van der Waals surface area contributed by atoms with Crippen LogP contribution in [0.25, 0.3) is 0 Å². The van der Waals surface area contributed by atoms with Crippen LogP contribution in [0.3, 0.4) is 0 Å². The van der Waals surface area contributed by atoms with Crippen LogP contribution in [0.4, 0.5) is 0 Å². The minimum Gasteiger partial charge on any atom is -0.395 e. The monoisotopic (exact) mass is 177 g/mol. The fourth-order valence-electron chi connectivity index (χ4n) is 0.510. The van der Waals surface area contributed by atoms with Gasteiger partial charge in [-0.05, 0) is 13.0 Å². The lowest BCUT2D eigenvalue weighted by Gasteiger charge is -1.95. The molecule has 12 heavy (non-hydrogen) atoms. The molecule has 0 bridgehead atoms. The first kappa shape index (κ1) is 14.4. The molecule has 0 heterocycles. The summed E-state index contributed by atoms with van der Waals surface area (Å²) in [6.07, 6.45) is 2.39. The summed E-state index contributed by atoms with van der Waals surface area (Å²) < 4.78 is 0. The molecule has 0 saturated heterocycles. The average Bonchev–Trinajstić information content (AvgIpc) is 2.08. The van der Waals surface area contributed by atoms with Crippen molar-refractivity contribution < 1.29 is 5.11 Å². The van der Waals surface area contributed by atoms with E-state index in [1.54, 1.807) is 0 Å². The zero-order chi connectivity index (χ0) is 9.66. The lowest BCUT2D eigenvalue weighted by Crippen LogP contribution is -2.24. The Kier molecular flexibility index (Phi) is 20.4. The van der Waals surface area contributed by atoms with E-state index in [0.717, 1.165) is 13.1 Å². The van der Waals surface area contributed by atoms with E-state index in [1.807, 2.05) is 0 Å². The van der Waals surface area contributed by atoms with Crippen LogP contribution in [0.2, 0.25) is 0 Å². The Bertz CT molecular complexity index is 56.3. The van der Waals surface area contributed by atoms with E-state index in [-0.39, 0.29) is 6.61 Å². The molecule has 0 amide bonds. The molecule has 0 radical (unpaired) electrons. The van der Waals surface area contributed by atoms with Crippen molar-refractivity contribution in [1.82, 2.24) is 5.32 Å². The van der Waals surface area contributed by atoms with Gasteiger partial charge in [-0.15, -0.1) is 0 Å². The minimum atomic E-state index is 0.194. The Morgan fingerprint density at radius 1 is 1.17 bits per heavy atom. The van der Waals surface area contributed by atoms with Crippen LogP contribution in [0.15, 0.2) is 0 Å². The first-order valence-corrected chi connectivity index (χ1v) is 4.55. The van der Waals surface area contributed by atoms with Crippen LogP contribution in [-0.4, -0.2) is 37.9 Å². The van der Waals surface area contributed by atoms with Crippen molar-refractivity contribution >= 4 is 0 Å². The summed E-state index contributed by atoms with van der Waals surface area (Å²) in [6.45, 7) is 5.25. The number of rotatable bonds is 6. The molecule has 0 saturated carbocycles. The molecule has 4 nitrogen and oxygen atoms in total. The largest absolute Gasteiger partial charge is 0.395 e. The second-order valence-corrected chi connectivity index (χ2v) is 2.40. The summed E-state index contributed by atoms with van der Waals surface area (Å²) in [5.41, 5.74) is 10.3. The van der Waals surface area contributed by atoms with Crippen LogP contribution < -0.4 is 16.8 Å². The van der Waals surface area contributed by atoms with Gasteiger partial charge >= 0.3 is 0 Å². The number of unbranched alkanes of at least 4 members (excludes halogenated alkanes) is 1. The van der Waals surface area contributed by atoms with Crippen molar-refractivity contribution in [1.29, 1.82) is 0 Å². The molecule has 0 fully saturated rings. The van der Waals surface area contributed by atoms with E-state index in [2.05, 4.69) is 12.2 Å². The second-order valence-electron chi connectivity index (χ2n) is 2.40. The van der Waals surface area contributed by atoms with E-state index < -0.39 is 0 Å². The van der Waals surface area contributed by atoms with Gasteiger partial charge in [0.25, 0.3) is 0 Å². The predicted octanol–water partition coefficient (Wildman–Crippen LogP) is -0.728. The molecule has 0 spiro atoms. The smallest absolute Gasteiger partial charge is 0.0555 e. The van der Waals surface area contributed by atoms with Crippen molar-refractivity contribution in [2.75, 3.05) is 32.8 Å². The Morgan fingerprint density at radius 3 is 2.08 bits per heavy atom. The zero-order valence-electron chi connectivity index (χ0n) is 8.05. The molecule has 0 aromatic rings. The fourth-order valence-corrected chi connectivity index (χ4v) is 0.510. The van der Waals surface area contributed by atoms with Gasteiger partial charge in [-0.3, -0.25) is 0 Å². The normalized spacial score (nSPS) is 9.00. The topological polar surface area (TPSA) is 84.3 Å². The van der Waals surface area contributed by atoms with E-state index in [9.17, 15) is 0 Å². The quantitative estimate of drug-likeness (QED) is 0.403. The van der Waals surface area contributed by atoms with E-state index in [1.165, 1.54) is 12.8 Å². The van der Waals surface area contributed by atoms with E-state index in [4.69, 9.17) is 16.6 Å². The van der Waals surface area contributed by atoms with Gasteiger partial charge in [-0.25, -0.2) is 0 Å². The van der Waals surface area contributed by atoms with Crippen molar-refractivity contribution in [3.63, 3.8) is 0 Å². The van der Waals surface area contributed by atoms with Crippen LogP contribution in [0.5, 0.6) is 0 Å². The highest BCUT2D eigenvalue weighted by Gasteiger charge is 1.77. The van der Waals surface area contributed by atoms with Crippen molar-refractivity contribution in [3.05, 3.63) is 0 Å². The van der Waals surface area contributed by atoms with Gasteiger partial charge in [0.05, 0.1) is 6.61 Å². The summed E-state index contributed by atoms with van der Waals surface area (Å²) in [6, 6.07) is 0. The molecule has 0 aliphatic heterocycles. The van der Waals surface area contributed by atoms with Crippen LogP contribution in [-0.2, 0) is 0 Å². The summed E-state index contributed by atoms with van der Waals surface area (Å²) in [5.74, 6) is 0. The zero-order valence-corrected chi connectivity index (χ0v) is 8.05. The average molecular weight is 177 g/mol. The molecule has 6 N–H and O–H groups in total. The maximum atomic E-state index is 8.19. The Balaban J connectivity index is 0. The molecule has 76 valence electrons. The standard InChI is InChI=1S/C4H12N2O.C4H11N/c5-1-2-6-3-4-7;1-2-3-4-5/h6-7H,1-5H2;2-5H2,1H3. The number of aliphatic hydroxyl groups excluding tert-OH is 1. The lowest BCUT2D eigenvalue weighted by atomic mass is 10.3. The van der Waals surface area contributed by atoms with Gasteiger partial charge in [0, 0.05) is 19.6 Å². The summed E-state index contributed by atoms with van der Waals surface area (Å²) in [4.78, 5) is 0. The van der Waals surface area contributed by atoms with E-state index in [0.29, 0.717) is 13.1 Å². The van der Waals surface area contributed by atoms with Gasteiger partial charge in [0.2, 0.25) is 0 Å². The SMILES string of the molecule is CCCCN.NCCNCCO. The lowest BCUT2D eigenvalue weighted by molar-refractivity contribution is 0.293. The first-order chi connectivity index (χ1) is 5.83. The molecule has 0 unspecified atom stereocenters. The van der Waals surface area contributed by atoms with Crippen LogP contribution in [0, 0.1) is 0 Å². The third-order valence-corrected chi connectivity index (χ3v) is 1.17. The highest BCUT2D eigenvalue weighted by atomic mass is 16.3. The summed E-state index contributed by atoms with van der Waals surface area (Å²) in [5, 5.41) is 11.1. The number of nitrogens with two attached hydrogens (primary N) is 2. The Hall–Kier alpha value is -0.160. The number of hydrogen-bond acceptors (Lipinski definition) is 4. The highest BCUT2D eigenvalue weighted by Crippen LogP contribution is 1.77. The molecule has 0 aliphatic rings. The van der Waals surface area contributed by atoms with Gasteiger partial charge in [-0.2, -0.15) is 0 Å². The molecule has 0 rings (SSSR count). The van der Waals surface area contributed by atoms with Crippen molar-refractivity contribution in [2.24, 2.45) is 11.5 Å². The van der Waals surface area contributed by atoms with Gasteiger partial charge in [0.1, 0.15) is 0 Å². The van der Waals surface area contributed by atoms with Crippen molar-refractivity contribution in [2.45, 2.75) is 19.8 Å². The number of aliphatic hydroxyl groups is 1. The second kappa shape index (κ2) is 17.1. The molecule has 0 aromatic carbocycles. The molecular weight excluding hydrogens is 154 g/mol. The molecule has 0 aliphatic carbocycles. The molecule has 4 heteroatoms. The van der Waals surface area contributed by atoms with E-state index >= 15 is 0 Å². The highest BCUT2D eigenvalue weighted by molar-refractivity contribution is 4.42. The number of hydrogen-bond donors (Lipinski definition) is 4. The molecular formula is C8H23N3O. The van der Waals surface area contributed by atoms with Crippen molar-refractivity contribution in [3.8, 4) is 0 Å². The molecule has 0 aromatic heterocycles. The van der Waals surface area contributed by atoms with Crippen LogP contribution in [0.1, 0.15) is 19.8 Å².